The molecule has 26 heavy (non-hydrogen) atoms. The molecule has 2 aromatic rings. The summed E-state index contributed by atoms with van der Waals surface area (Å²) in [5, 5.41) is 9.86. The molecule has 9 heteroatoms. The van der Waals surface area contributed by atoms with E-state index in [-0.39, 0.29) is 17.9 Å². The van der Waals surface area contributed by atoms with E-state index in [2.05, 4.69) is 24.5 Å². The Morgan fingerprint density at radius 2 is 1.96 bits per heavy atom. The van der Waals surface area contributed by atoms with E-state index in [0.29, 0.717) is 40.9 Å². The van der Waals surface area contributed by atoms with Crippen molar-refractivity contribution in [3.63, 3.8) is 0 Å². The number of aromatic nitrogens is 3. The van der Waals surface area contributed by atoms with Crippen LogP contribution in [0.3, 0.4) is 0 Å². The first-order chi connectivity index (χ1) is 12.5. The van der Waals surface area contributed by atoms with Gasteiger partial charge in [-0.05, 0) is 46.0 Å². The van der Waals surface area contributed by atoms with Gasteiger partial charge in [-0.2, -0.15) is 8.75 Å². The minimum absolute atomic E-state index is 0.0922. The quantitative estimate of drug-likeness (QED) is 0.826. The molecule has 0 bridgehead atoms. The van der Waals surface area contributed by atoms with Gasteiger partial charge in [0.05, 0.1) is 23.1 Å². The van der Waals surface area contributed by atoms with Crippen molar-refractivity contribution in [2.45, 2.75) is 52.5 Å². The van der Waals surface area contributed by atoms with E-state index in [1.165, 1.54) is 0 Å². The van der Waals surface area contributed by atoms with Gasteiger partial charge in [-0.25, -0.2) is 0 Å². The highest BCUT2D eigenvalue weighted by atomic mass is 32.1. The zero-order valence-corrected chi connectivity index (χ0v) is 16.0. The van der Waals surface area contributed by atoms with Crippen LogP contribution in [0.4, 0.5) is 0 Å². The Morgan fingerprint density at radius 3 is 2.62 bits per heavy atom. The van der Waals surface area contributed by atoms with Gasteiger partial charge in [-0.15, -0.1) is 0 Å². The van der Waals surface area contributed by atoms with Crippen LogP contribution < -0.4 is 10.6 Å². The van der Waals surface area contributed by atoms with Crippen molar-refractivity contribution in [1.82, 2.24) is 24.5 Å². The number of carbonyl (C=O) groups is 2. The highest BCUT2D eigenvalue weighted by Gasteiger charge is 2.26. The van der Waals surface area contributed by atoms with E-state index in [0.717, 1.165) is 37.4 Å². The van der Waals surface area contributed by atoms with Crippen LogP contribution in [0.1, 0.15) is 63.7 Å². The van der Waals surface area contributed by atoms with Gasteiger partial charge in [0.15, 0.2) is 5.69 Å². The lowest BCUT2D eigenvalue weighted by Crippen LogP contribution is -2.41. The second kappa shape index (κ2) is 7.94. The maximum absolute atomic E-state index is 12.5. The first-order valence-electron chi connectivity index (χ1n) is 8.76. The summed E-state index contributed by atoms with van der Waals surface area (Å²) in [5.74, 6) is 0.541. The minimum Gasteiger partial charge on any atom is -0.361 e. The monoisotopic (exact) mass is 377 g/mol. The highest BCUT2D eigenvalue weighted by molar-refractivity contribution is 6.99. The summed E-state index contributed by atoms with van der Waals surface area (Å²) < 4.78 is 13.1. The van der Waals surface area contributed by atoms with Gasteiger partial charge in [0.1, 0.15) is 11.3 Å². The number of carbonyl (C=O) groups excluding carboxylic acids is 2. The summed E-state index contributed by atoms with van der Waals surface area (Å²) in [7, 11) is 0. The third-order valence-electron chi connectivity index (χ3n) is 4.80. The van der Waals surface area contributed by atoms with Crippen LogP contribution in [-0.4, -0.2) is 38.3 Å². The minimum atomic E-state index is -0.182. The Kier molecular flexibility index (Phi) is 5.65. The fraction of sp³-hybridized carbons (Fsp3) is 0.588. The average molecular weight is 377 g/mol. The molecule has 1 aliphatic carbocycles. The Morgan fingerprint density at radius 1 is 1.15 bits per heavy atom. The largest absolute Gasteiger partial charge is 0.361 e. The summed E-state index contributed by atoms with van der Waals surface area (Å²) in [6, 6.07) is 0.0922. The standard InChI is InChI=1S/C17H23N5O3S/c1-9-14(11(3)25-20-9)16(23)19-13-6-4-5-12(7-13)8-18-17(24)15-10(2)21-26-22-15/h12-13H,4-8H2,1-3H3,(H,18,24)(H,19,23)/t12-,13+/m1/s1. The molecule has 0 unspecified atom stereocenters. The molecular weight excluding hydrogens is 354 g/mol. The van der Waals surface area contributed by atoms with Crippen molar-refractivity contribution < 1.29 is 14.1 Å². The van der Waals surface area contributed by atoms with Crippen molar-refractivity contribution >= 4 is 23.5 Å². The molecule has 1 saturated carbocycles. The van der Waals surface area contributed by atoms with Crippen LogP contribution in [0.25, 0.3) is 0 Å². The molecule has 140 valence electrons. The summed E-state index contributed by atoms with van der Waals surface area (Å²) in [4.78, 5) is 24.7. The average Bonchev–Trinajstić information content (AvgIpc) is 3.18. The summed E-state index contributed by atoms with van der Waals surface area (Å²) in [6.07, 6.45) is 3.83. The zero-order chi connectivity index (χ0) is 18.7. The van der Waals surface area contributed by atoms with Gasteiger partial charge in [0, 0.05) is 12.6 Å². The van der Waals surface area contributed by atoms with Crippen LogP contribution in [0.15, 0.2) is 4.52 Å². The highest BCUT2D eigenvalue weighted by Crippen LogP contribution is 2.24. The van der Waals surface area contributed by atoms with E-state index >= 15 is 0 Å². The van der Waals surface area contributed by atoms with Crippen LogP contribution >= 0.6 is 11.7 Å². The molecule has 2 N–H and O–H groups in total. The van der Waals surface area contributed by atoms with Crippen LogP contribution in [0, 0.1) is 26.7 Å². The van der Waals surface area contributed by atoms with Gasteiger partial charge in [-0.3, -0.25) is 9.59 Å². The molecule has 8 nitrogen and oxygen atoms in total. The van der Waals surface area contributed by atoms with Crippen molar-refractivity contribution in [2.24, 2.45) is 5.92 Å². The molecule has 2 amide bonds. The second-order valence-electron chi connectivity index (χ2n) is 6.81. The van der Waals surface area contributed by atoms with Gasteiger partial charge in [-0.1, -0.05) is 11.6 Å². The van der Waals surface area contributed by atoms with E-state index in [1.807, 2.05) is 0 Å². The van der Waals surface area contributed by atoms with E-state index in [1.54, 1.807) is 20.8 Å². The fourth-order valence-electron chi connectivity index (χ4n) is 3.43. The van der Waals surface area contributed by atoms with E-state index in [4.69, 9.17) is 4.52 Å². The van der Waals surface area contributed by atoms with Crippen LogP contribution in [0.2, 0.25) is 0 Å². The number of aryl methyl sites for hydroxylation is 3. The number of nitrogens with zero attached hydrogens (tertiary/aromatic N) is 3. The summed E-state index contributed by atoms with van der Waals surface area (Å²) in [6.45, 7) is 5.86. The summed E-state index contributed by atoms with van der Waals surface area (Å²) in [5.41, 5.74) is 2.17. The predicted molar refractivity (Wildman–Crippen MR) is 96.2 cm³/mol. The third kappa shape index (κ3) is 4.09. The molecule has 2 heterocycles. The summed E-state index contributed by atoms with van der Waals surface area (Å²) >= 11 is 1.04. The smallest absolute Gasteiger partial charge is 0.272 e. The van der Waals surface area contributed by atoms with E-state index < -0.39 is 0 Å². The Bertz CT molecular complexity index is 781. The van der Waals surface area contributed by atoms with Crippen molar-refractivity contribution in [3.8, 4) is 0 Å². The van der Waals surface area contributed by atoms with Gasteiger partial charge >= 0.3 is 0 Å². The number of nitrogens with one attached hydrogen (secondary N) is 2. The Hall–Kier alpha value is -2.29. The lowest BCUT2D eigenvalue weighted by molar-refractivity contribution is 0.0898. The normalized spacial score (nSPS) is 20.0. The molecule has 1 fully saturated rings. The molecule has 0 radical (unpaired) electrons. The Labute approximate surface area is 156 Å². The SMILES string of the molecule is Cc1nsnc1C(=O)NC[C@@H]1CCC[C@H](NC(=O)c2c(C)noc2C)C1. The molecular formula is C17H23N5O3S. The van der Waals surface area contributed by atoms with Gasteiger partial charge in [0.2, 0.25) is 0 Å². The molecule has 0 saturated heterocycles. The second-order valence-corrected chi connectivity index (χ2v) is 7.34. The maximum atomic E-state index is 12.5. The number of amides is 2. The van der Waals surface area contributed by atoms with Crippen LogP contribution in [0.5, 0.6) is 0 Å². The number of hydrogen-bond acceptors (Lipinski definition) is 7. The topological polar surface area (TPSA) is 110 Å². The lowest BCUT2D eigenvalue weighted by Gasteiger charge is -2.29. The lowest BCUT2D eigenvalue weighted by atomic mass is 9.85. The van der Waals surface area contributed by atoms with Gasteiger partial charge < -0.3 is 15.2 Å². The fourth-order valence-corrected chi connectivity index (χ4v) is 3.98. The Balaban J connectivity index is 1.52. The molecule has 0 aromatic carbocycles. The third-order valence-corrected chi connectivity index (χ3v) is 5.42. The maximum Gasteiger partial charge on any atom is 0.272 e. The number of rotatable bonds is 5. The van der Waals surface area contributed by atoms with Crippen molar-refractivity contribution in [1.29, 1.82) is 0 Å². The van der Waals surface area contributed by atoms with Crippen molar-refractivity contribution in [2.75, 3.05) is 6.54 Å². The molecule has 0 aliphatic heterocycles. The molecule has 1 aliphatic rings. The first-order valence-corrected chi connectivity index (χ1v) is 9.49. The molecule has 3 rings (SSSR count). The molecule has 2 atom stereocenters. The van der Waals surface area contributed by atoms with Crippen molar-refractivity contribution in [3.05, 3.63) is 28.4 Å². The van der Waals surface area contributed by atoms with Gasteiger partial charge in [0.25, 0.3) is 11.8 Å². The first kappa shape index (κ1) is 18.5. The zero-order valence-electron chi connectivity index (χ0n) is 15.2. The molecule has 2 aromatic heterocycles. The number of hydrogen-bond donors (Lipinski definition) is 2. The predicted octanol–water partition coefficient (Wildman–Crippen LogP) is 2.17. The molecule has 0 spiro atoms. The van der Waals surface area contributed by atoms with Crippen LogP contribution in [-0.2, 0) is 0 Å². The van der Waals surface area contributed by atoms with E-state index in [9.17, 15) is 9.59 Å².